The van der Waals surface area contributed by atoms with Gasteiger partial charge in [0.15, 0.2) is 6.61 Å². The molecule has 2 aromatic carbocycles. The minimum atomic E-state index is -0.843. The fourth-order valence-corrected chi connectivity index (χ4v) is 3.41. The number of benzene rings is 2. The van der Waals surface area contributed by atoms with Crippen LogP contribution in [0.25, 0.3) is 0 Å². The highest BCUT2D eigenvalue weighted by Crippen LogP contribution is 2.25. The molecule has 0 fully saturated rings. The monoisotopic (exact) mass is 502 g/mol. The van der Waals surface area contributed by atoms with Crippen molar-refractivity contribution in [1.82, 2.24) is 10.7 Å². The summed E-state index contributed by atoms with van der Waals surface area (Å²) in [6.45, 7) is 7.39. The van der Waals surface area contributed by atoms with E-state index >= 15 is 0 Å². The highest BCUT2D eigenvalue weighted by Gasteiger charge is 2.14. The second kappa shape index (κ2) is 12.0. The topological polar surface area (TPSA) is 109 Å². The molecule has 0 heterocycles. The van der Waals surface area contributed by atoms with Crippen molar-refractivity contribution in [2.24, 2.45) is 5.10 Å². The van der Waals surface area contributed by atoms with Crippen molar-refractivity contribution < 1.29 is 19.1 Å². The Kier molecular flexibility index (Phi) is 9.39. The lowest BCUT2D eigenvalue weighted by Gasteiger charge is -2.13. The number of amides is 3. The van der Waals surface area contributed by atoms with Crippen molar-refractivity contribution >= 4 is 45.6 Å². The zero-order chi connectivity index (χ0) is 23.7. The van der Waals surface area contributed by atoms with Crippen LogP contribution in [0.15, 0.2) is 46.0 Å². The normalized spacial score (nSPS) is 11.7. The van der Waals surface area contributed by atoms with Crippen molar-refractivity contribution in [3.8, 4) is 5.75 Å². The number of carbonyl (C=O) groups is 3. The van der Waals surface area contributed by atoms with E-state index in [1.165, 1.54) is 6.21 Å². The Morgan fingerprint density at radius 2 is 1.81 bits per heavy atom. The number of hydrazone groups is 1. The minimum absolute atomic E-state index is 0.0974. The van der Waals surface area contributed by atoms with E-state index < -0.39 is 11.8 Å². The Hall–Kier alpha value is -3.20. The van der Waals surface area contributed by atoms with E-state index in [0.29, 0.717) is 11.3 Å². The summed E-state index contributed by atoms with van der Waals surface area (Å²) in [5.74, 6) is -1.40. The Morgan fingerprint density at radius 1 is 1.12 bits per heavy atom. The maximum Gasteiger partial charge on any atom is 0.329 e. The van der Waals surface area contributed by atoms with E-state index in [1.54, 1.807) is 31.2 Å². The Labute approximate surface area is 195 Å². The van der Waals surface area contributed by atoms with E-state index in [1.807, 2.05) is 32.9 Å². The molecular formula is C23H27BrN4O4. The predicted octanol–water partition coefficient (Wildman–Crippen LogP) is 3.45. The predicted molar refractivity (Wildman–Crippen MR) is 128 cm³/mol. The lowest BCUT2D eigenvalue weighted by molar-refractivity contribution is -0.139. The van der Waals surface area contributed by atoms with Gasteiger partial charge in [0.05, 0.1) is 6.21 Å². The SMILES string of the molecule is CC[C@H](C)NC(=O)C(=O)N/N=C\c1cccc(OCC(=O)Nc2c(C)cc(Br)cc2C)c1. The zero-order valence-corrected chi connectivity index (χ0v) is 20.1. The third-order valence-electron chi connectivity index (χ3n) is 4.57. The summed E-state index contributed by atoms with van der Waals surface area (Å²) in [4.78, 5) is 35.7. The molecule has 3 N–H and O–H groups in total. The fourth-order valence-electron chi connectivity index (χ4n) is 2.72. The Morgan fingerprint density at radius 3 is 2.47 bits per heavy atom. The van der Waals surface area contributed by atoms with Crippen molar-refractivity contribution in [2.45, 2.75) is 40.2 Å². The number of nitrogens with zero attached hydrogens (tertiary/aromatic N) is 1. The molecule has 0 saturated heterocycles. The number of nitrogens with one attached hydrogen (secondary N) is 3. The Balaban J connectivity index is 1.89. The van der Waals surface area contributed by atoms with Gasteiger partial charge in [-0.1, -0.05) is 35.0 Å². The number of aryl methyl sites for hydroxylation is 2. The first kappa shape index (κ1) is 25.1. The van der Waals surface area contributed by atoms with Crippen molar-refractivity contribution in [3.63, 3.8) is 0 Å². The van der Waals surface area contributed by atoms with E-state index in [0.717, 1.165) is 27.7 Å². The van der Waals surface area contributed by atoms with Crippen LogP contribution in [0.2, 0.25) is 0 Å². The summed E-state index contributed by atoms with van der Waals surface area (Å²) < 4.78 is 6.52. The molecule has 170 valence electrons. The number of anilines is 1. The smallest absolute Gasteiger partial charge is 0.329 e. The molecule has 2 aromatic rings. The summed E-state index contributed by atoms with van der Waals surface area (Å²) in [7, 11) is 0. The van der Waals surface area contributed by atoms with E-state index in [-0.39, 0.29) is 18.6 Å². The van der Waals surface area contributed by atoms with Gasteiger partial charge in [-0.25, -0.2) is 5.43 Å². The van der Waals surface area contributed by atoms with E-state index in [9.17, 15) is 14.4 Å². The number of halogens is 1. The molecule has 0 radical (unpaired) electrons. The van der Waals surface area contributed by atoms with Crippen LogP contribution in [0.5, 0.6) is 5.75 Å². The van der Waals surface area contributed by atoms with Gasteiger partial charge in [-0.15, -0.1) is 0 Å². The van der Waals surface area contributed by atoms with Gasteiger partial charge in [-0.2, -0.15) is 5.10 Å². The van der Waals surface area contributed by atoms with Crippen LogP contribution in [0.4, 0.5) is 5.69 Å². The second-order valence-corrected chi connectivity index (χ2v) is 8.22. The van der Waals surface area contributed by atoms with Gasteiger partial charge < -0.3 is 15.4 Å². The number of carbonyl (C=O) groups excluding carboxylic acids is 3. The standard InChI is InChI=1S/C23H27BrN4O4/c1-5-16(4)26-22(30)23(31)28-25-12-17-7-6-8-19(11-17)32-13-20(29)27-21-14(2)9-18(24)10-15(21)3/h6-12,16H,5,13H2,1-4H3,(H,26,30)(H,27,29)(H,28,31)/b25-12-/t16-/m0/s1. The molecule has 0 aliphatic heterocycles. The van der Waals surface area contributed by atoms with Crippen LogP contribution in [0, 0.1) is 13.8 Å². The maximum atomic E-state index is 12.3. The van der Waals surface area contributed by atoms with Gasteiger partial charge in [0.2, 0.25) is 0 Å². The van der Waals surface area contributed by atoms with Gasteiger partial charge in [0.25, 0.3) is 5.91 Å². The van der Waals surface area contributed by atoms with E-state index in [4.69, 9.17) is 4.74 Å². The lowest BCUT2D eigenvalue weighted by atomic mass is 10.1. The molecule has 0 aliphatic carbocycles. The second-order valence-electron chi connectivity index (χ2n) is 7.31. The highest BCUT2D eigenvalue weighted by atomic mass is 79.9. The summed E-state index contributed by atoms with van der Waals surface area (Å²) in [5, 5.41) is 9.22. The molecule has 3 amide bonds. The van der Waals surface area contributed by atoms with Gasteiger partial charge in [0.1, 0.15) is 5.75 Å². The molecule has 0 unspecified atom stereocenters. The fraction of sp³-hybridized carbons (Fsp3) is 0.304. The lowest BCUT2D eigenvalue weighted by Crippen LogP contribution is -2.41. The van der Waals surface area contributed by atoms with Gasteiger partial charge in [-0.3, -0.25) is 14.4 Å². The van der Waals surface area contributed by atoms with Crippen LogP contribution in [-0.2, 0) is 14.4 Å². The number of hydrogen-bond donors (Lipinski definition) is 3. The van der Waals surface area contributed by atoms with Gasteiger partial charge >= 0.3 is 11.8 Å². The summed E-state index contributed by atoms with van der Waals surface area (Å²) in [6, 6.07) is 10.6. The van der Waals surface area contributed by atoms with Crippen LogP contribution < -0.4 is 20.8 Å². The van der Waals surface area contributed by atoms with Crippen LogP contribution >= 0.6 is 15.9 Å². The summed E-state index contributed by atoms with van der Waals surface area (Å²) in [5.41, 5.74) is 5.47. The van der Waals surface area contributed by atoms with E-state index in [2.05, 4.69) is 37.1 Å². The summed E-state index contributed by atoms with van der Waals surface area (Å²) in [6.07, 6.45) is 2.10. The molecule has 8 nitrogen and oxygen atoms in total. The van der Waals surface area contributed by atoms with Crippen molar-refractivity contribution in [2.75, 3.05) is 11.9 Å². The molecule has 2 rings (SSSR count). The molecule has 0 saturated carbocycles. The largest absolute Gasteiger partial charge is 0.484 e. The molecule has 9 heteroatoms. The number of hydrogen-bond acceptors (Lipinski definition) is 5. The third-order valence-corrected chi connectivity index (χ3v) is 5.02. The zero-order valence-electron chi connectivity index (χ0n) is 18.5. The maximum absolute atomic E-state index is 12.3. The third kappa shape index (κ3) is 7.81. The average molecular weight is 503 g/mol. The molecule has 0 aromatic heterocycles. The van der Waals surface area contributed by atoms with Gasteiger partial charge in [0, 0.05) is 16.2 Å². The van der Waals surface area contributed by atoms with Crippen LogP contribution in [0.1, 0.15) is 37.0 Å². The highest BCUT2D eigenvalue weighted by molar-refractivity contribution is 9.10. The van der Waals surface area contributed by atoms with Gasteiger partial charge in [-0.05, 0) is 68.1 Å². The number of ether oxygens (including phenoxy) is 1. The molecule has 0 bridgehead atoms. The first-order valence-electron chi connectivity index (χ1n) is 10.1. The molecule has 0 spiro atoms. The molecule has 32 heavy (non-hydrogen) atoms. The molecule has 0 aliphatic rings. The molecular weight excluding hydrogens is 476 g/mol. The Bertz CT molecular complexity index is 1000. The summed E-state index contributed by atoms with van der Waals surface area (Å²) >= 11 is 3.44. The quantitative estimate of drug-likeness (QED) is 0.291. The van der Waals surface area contributed by atoms with Crippen LogP contribution in [0.3, 0.4) is 0 Å². The minimum Gasteiger partial charge on any atom is -0.484 e. The molecule has 1 atom stereocenters. The van der Waals surface area contributed by atoms with Crippen LogP contribution in [-0.4, -0.2) is 36.6 Å². The number of rotatable bonds is 8. The van der Waals surface area contributed by atoms with Crippen molar-refractivity contribution in [1.29, 1.82) is 0 Å². The first-order valence-corrected chi connectivity index (χ1v) is 10.9. The average Bonchev–Trinajstić information content (AvgIpc) is 2.74. The first-order chi connectivity index (χ1) is 15.2. The van der Waals surface area contributed by atoms with Crippen molar-refractivity contribution in [3.05, 3.63) is 57.6 Å².